The molecule has 28 heavy (non-hydrogen) atoms. The predicted octanol–water partition coefficient (Wildman–Crippen LogP) is 6.01. The van der Waals surface area contributed by atoms with Crippen LogP contribution in [0.2, 0.25) is 0 Å². The van der Waals surface area contributed by atoms with Crippen LogP contribution < -0.4 is 0 Å². The number of ketones is 1. The summed E-state index contributed by atoms with van der Waals surface area (Å²) >= 11 is 0. The minimum atomic E-state index is 0.0223. The molecule has 0 N–H and O–H groups in total. The van der Waals surface area contributed by atoms with Crippen molar-refractivity contribution >= 4 is 11.8 Å². The van der Waals surface area contributed by atoms with Gasteiger partial charge in [-0.3, -0.25) is 9.59 Å². The van der Waals surface area contributed by atoms with E-state index in [4.69, 9.17) is 4.74 Å². The van der Waals surface area contributed by atoms with Crippen LogP contribution in [0.1, 0.15) is 97.8 Å². The quantitative estimate of drug-likeness (QED) is 0.429. The largest absolute Gasteiger partial charge is 0.462 e. The highest BCUT2D eigenvalue weighted by molar-refractivity contribution is 5.91. The third-order valence-electron chi connectivity index (χ3n) is 9.13. The number of hydrogen-bond acceptors (Lipinski definition) is 3. The molecule has 4 aliphatic rings. The molecule has 156 valence electrons. The maximum Gasteiger partial charge on any atom is 0.306 e. The number of esters is 1. The summed E-state index contributed by atoms with van der Waals surface area (Å²) in [5.74, 6) is 2.47. The lowest BCUT2D eigenvalue weighted by Gasteiger charge is -2.57. The summed E-state index contributed by atoms with van der Waals surface area (Å²) in [6, 6.07) is 0. The maximum atomic E-state index is 12.4. The lowest BCUT2D eigenvalue weighted by atomic mass is 9.47. The fourth-order valence-corrected chi connectivity index (χ4v) is 7.44. The average Bonchev–Trinajstić information content (AvgIpc) is 2.99. The van der Waals surface area contributed by atoms with Gasteiger partial charge in [-0.05, 0) is 80.6 Å². The van der Waals surface area contributed by atoms with Gasteiger partial charge in [0.1, 0.15) is 6.10 Å². The molecule has 0 saturated heterocycles. The standard InChI is InChI=1S/C25H38O3/c1-4-5-6-7-23(27)28-22-11-10-20-19-9-8-17-16-18(26)12-14-24(17,2)21(19)13-15-25(20,22)3/h16,19-22H,4-15H2,1-3H3/t19-,20-,21+,22-,24-,25-/m0/s1. The monoisotopic (exact) mass is 386 g/mol. The Morgan fingerprint density at radius 2 is 1.89 bits per heavy atom. The minimum absolute atomic E-state index is 0.0223. The van der Waals surface area contributed by atoms with E-state index in [9.17, 15) is 9.59 Å². The van der Waals surface area contributed by atoms with Crippen LogP contribution >= 0.6 is 0 Å². The molecule has 3 saturated carbocycles. The molecule has 0 spiro atoms. The maximum absolute atomic E-state index is 12.4. The van der Waals surface area contributed by atoms with Crippen LogP contribution in [-0.4, -0.2) is 17.9 Å². The van der Waals surface area contributed by atoms with Crippen molar-refractivity contribution in [3.8, 4) is 0 Å². The van der Waals surface area contributed by atoms with Crippen molar-refractivity contribution in [1.29, 1.82) is 0 Å². The zero-order chi connectivity index (χ0) is 19.9. The number of rotatable bonds is 5. The predicted molar refractivity (Wildman–Crippen MR) is 111 cm³/mol. The van der Waals surface area contributed by atoms with E-state index in [0.29, 0.717) is 24.0 Å². The van der Waals surface area contributed by atoms with Gasteiger partial charge in [0.15, 0.2) is 5.78 Å². The van der Waals surface area contributed by atoms with E-state index in [2.05, 4.69) is 20.8 Å². The highest BCUT2D eigenvalue weighted by Crippen LogP contribution is 2.65. The topological polar surface area (TPSA) is 43.4 Å². The zero-order valence-electron chi connectivity index (χ0n) is 18.1. The zero-order valence-corrected chi connectivity index (χ0v) is 18.1. The van der Waals surface area contributed by atoms with E-state index in [1.807, 2.05) is 6.08 Å². The summed E-state index contributed by atoms with van der Waals surface area (Å²) in [5, 5.41) is 0. The van der Waals surface area contributed by atoms with Gasteiger partial charge in [0.05, 0.1) is 0 Å². The first-order valence-corrected chi connectivity index (χ1v) is 11.8. The van der Waals surface area contributed by atoms with E-state index in [0.717, 1.165) is 50.9 Å². The highest BCUT2D eigenvalue weighted by Gasteiger charge is 2.59. The smallest absolute Gasteiger partial charge is 0.306 e. The molecule has 0 bridgehead atoms. The second-order valence-corrected chi connectivity index (χ2v) is 10.5. The van der Waals surface area contributed by atoms with E-state index in [1.54, 1.807) is 0 Å². The summed E-state index contributed by atoms with van der Waals surface area (Å²) in [4.78, 5) is 24.4. The second-order valence-electron chi connectivity index (χ2n) is 10.5. The molecule has 0 radical (unpaired) electrons. The first-order valence-electron chi connectivity index (χ1n) is 11.8. The van der Waals surface area contributed by atoms with Crippen molar-refractivity contribution in [2.24, 2.45) is 28.6 Å². The van der Waals surface area contributed by atoms with Gasteiger partial charge in [-0.1, -0.05) is 39.2 Å². The van der Waals surface area contributed by atoms with Gasteiger partial charge in [0, 0.05) is 18.3 Å². The Morgan fingerprint density at radius 3 is 2.68 bits per heavy atom. The van der Waals surface area contributed by atoms with Gasteiger partial charge in [-0.2, -0.15) is 0 Å². The number of allylic oxidation sites excluding steroid dienone is 1. The molecule has 3 heteroatoms. The molecule has 6 atom stereocenters. The van der Waals surface area contributed by atoms with Crippen molar-refractivity contribution in [2.75, 3.05) is 0 Å². The van der Waals surface area contributed by atoms with Crippen LogP contribution in [0.15, 0.2) is 11.6 Å². The first-order chi connectivity index (χ1) is 13.4. The molecule has 0 amide bonds. The minimum Gasteiger partial charge on any atom is -0.462 e. The van der Waals surface area contributed by atoms with Gasteiger partial charge in [-0.15, -0.1) is 0 Å². The molecule has 0 heterocycles. The summed E-state index contributed by atoms with van der Waals surface area (Å²) < 4.78 is 6.06. The Balaban J connectivity index is 1.47. The molecule has 0 aromatic rings. The fraction of sp³-hybridized carbons (Fsp3) is 0.840. The van der Waals surface area contributed by atoms with Crippen LogP contribution in [0, 0.1) is 28.6 Å². The summed E-state index contributed by atoms with van der Waals surface area (Å²) in [5.41, 5.74) is 1.82. The lowest BCUT2D eigenvalue weighted by Crippen LogP contribution is -2.51. The van der Waals surface area contributed by atoms with Gasteiger partial charge >= 0.3 is 5.97 Å². The third-order valence-corrected chi connectivity index (χ3v) is 9.13. The van der Waals surface area contributed by atoms with Crippen LogP contribution in [-0.2, 0) is 14.3 Å². The SMILES string of the molecule is CCCCCC(=O)O[C@H]1CC[C@H]2[C@@H]3CCC4=CC(=O)CC[C@]4(C)[C@@H]3CC[C@]12C. The van der Waals surface area contributed by atoms with Gasteiger partial charge in [0.2, 0.25) is 0 Å². The molecule has 3 fully saturated rings. The molecule has 0 aliphatic heterocycles. The van der Waals surface area contributed by atoms with Crippen LogP contribution in [0.4, 0.5) is 0 Å². The molecule has 3 nitrogen and oxygen atoms in total. The normalized spacial score (nSPS) is 42.2. The van der Waals surface area contributed by atoms with E-state index in [1.165, 1.54) is 31.3 Å². The van der Waals surface area contributed by atoms with Gasteiger partial charge in [-0.25, -0.2) is 0 Å². The molecule has 4 rings (SSSR count). The summed E-state index contributed by atoms with van der Waals surface area (Å²) in [7, 11) is 0. The van der Waals surface area contributed by atoms with Crippen molar-refractivity contribution in [2.45, 2.75) is 104 Å². The Bertz CT molecular complexity index is 665. The van der Waals surface area contributed by atoms with Crippen LogP contribution in [0.5, 0.6) is 0 Å². The molecular formula is C25H38O3. The summed E-state index contributed by atoms with van der Waals surface area (Å²) in [6.45, 7) is 7.01. The van der Waals surface area contributed by atoms with E-state index in [-0.39, 0.29) is 22.9 Å². The fourth-order valence-electron chi connectivity index (χ4n) is 7.44. The Hall–Kier alpha value is -1.12. The van der Waals surface area contributed by atoms with Gasteiger partial charge in [0.25, 0.3) is 0 Å². The third kappa shape index (κ3) is 3.27. The van der Waals surface area contributed by atoms with E-state index < -0.39 is 0 Å². The molecule has 0 aromatic carbocycles. The number of carbonyl (C=O) groups excluding carboxylic acids is 2. The second kappa shape index (κ2) is 7.61. The molecular weight excluding hydrogens is 348 g/mol. The number of hydrogen-bond donors (Lipinski definition) is 0. The number of carbonyl (C=O) groups is 2. The summed E-state index contributed by atoms with van der Waals surface area (Å²) in [6.07, 6.45) is 14.6. The molecule has 4 aliphatic carbocycles. The number of fused-ring (bicyclic) bond motifs is 5. The van der Waals surface area contributed by atoms with Crippen molar-refractivity contribution in [3.63, 3.8) is 0 Å². The Labute approximate surface area is 170 Å². The van der Waals surface area contributed by atoms with Crippen molar-refractivity contribution < 1.29 is 14.3 Å². The van der Waals surface area contributed by atoms with Crippen LogP contribution in [0.25, 0.3) is 0 Å². The number of unbranched alkanes of at least 4 members (excludes halogenated alkanes) is 2. The Kier molecular flexibility index (Phi) is 5.48. The Morgan fingerprint density at radius 1 is 1.07 bits per heavy atom. The first kappa shape index (κ1) is 20.2. The van der Waals surface area contributed by atoms with Gasteiger partial charge < -0.3 is 4.74 Å². The average molecular weight is 387 g/mol. The number of ether oxygens (including phenoxy) is 1. The lowest BCUT2D eigenvalue weighted by molar-refractivity contribution is -0.160. The molecule has 0 aromatic heterocycles. The highest BCUT2D eigenvalue weighted by atomic mass is 16.5. The van der Waals surface area contributed by atoms with E-state index >= 15 is 0 Å². The molecule has 0 unspecified atom stereocenters. The van der Waals surface area contributed by atoms with Crippen molar-refractivity contribution in [1.82, 2.24) is 0 Å². The van der Waals surface area contributed by atoms with Crippen LogP contribution in [0.3, 0.4) is 0 Å². The van der Waals surface area contributed by atoms with Crippen molar-refractivity contribution in [3.05, 3.63) is 11.6 Å².